The molecule has 0 saturated heterocycles. The third-order valence-corrected chi connectivity index (χ3v) is 5.62. The fourth-order valence-corrected chi connectivity index (χ4v) is 3.42. The topological polar surface area (TPSA) is 109 Å². The molecule has 0 aliphatic heterocycles. The lowest BCUT2D eigenvalue weighted by Crippen LogP contribution is -2.37. The number of hydrazone groups is 1. The van der Waals surface area contributed by atoms with Crippen molar-refractivity contribution < 1.29 is 19.1 Å². The van der Waals surface area contributed by atoms with Crippen LogP contribution >= 0.6 is 11.6 Å². The second-order valence-electron chi connectivity index (χ2n) is 8.65. The summed E-state index contributed by atoms with van der Waals surface area (Å²) in [6, 6.07) is 19.9. The van der Waals surface area contributed by atoms with Gasteiger partial charge in [-0.05, 0) is 59.4 Å². The largest absolute Gasteiger partial charge is 0.484 e. The molecule has 0 heterocycles. The molecule has 0 bridgehead atoms. The smallest absolute Gasteiger partial charge is 0.329 e. The predicted octanol–water partition coefficient (Wildman–Crippen LogP) is 4.56. The molecular formula is C28H29ClN4O4. The number of carbonyl (C=O) groups excluding carboxylic acids is 3. The molecule has 0 unspecified atom stereocenters. The van der Waals surface area contributed by atoms with Crippen molar-refractivity contribution in [2.45, 2.75) is 33.2 Å². The number of aryl methyl sites for hydroxylation is 1. The van der Waals surface area contributed by atoms with Gasteiger partial charge >= 0.3 is 11.8 Å². The SMILES string of the molecule is Cc1ccc(Cl)cc1NC(=O)COc1cccc(/C=N\NC(=O)C(=O)NCc2ccc(C(C)C)cc2)c1. The number of carbonyl (C=O) groups is 3. The Balaban J connectivity index is 1.44. The Bertz CT molecular complexity index is 1290. The van der Waals surface area contributed by atoms with Crippen molar-refractivity contribution in [1.82, 2.24) is 10.7 Å². The van der Waals surface area contributed by atoms with Gasteiger partial charge in [-0.25, -0.2) is 5.43 Å². The Morgan fingerprint density at radius 3 is 2.49 bits per heavy atom. The lowest BCUT2D eigenvalue weighted by atomic mass is 10.0. The number of halogens is 1. The number of anilines is 1. The van der Waals surface area contributed by atoms with Crippen LogP contribution in [-0.2, 0) is 20.9 Å². The number of nitrogens with one attached hydrogen (secondary N) is 3. The fourth-order valence-electron chi connectivity index (χ4n) is 3.25. The van der Waals surface area contributed by atoms with Crippen LogP contribution in [0.3, 0.4) is 0 Å². The number of hydrogen-bond donors (Lipinski definition) is 3. The summed E-state index contributed by atoms with van der Waals surface area (Å²) in [5.41, 5.74) is 6.40. The second-order valence-corrected chi connectivity index (χ2v) is 9.08. The van der Waals surface area contributed by atoms with Gasteiger partial charge in [0.15, 0.2) is 6.61 Å². The molecule has 3 amide bonds. The summed E-state index contributed by atoms with van der Waals surface area (Å²) in [6.07, 6.45) is 1.37. The number of nitrogens with zero attached hydrogens (tertiary/aromatic N) is 1. The molecule has 0 radical (unpaired) electrons. The van der Waals surface area contributed by atoms with Gasteiger partial charge in [0.25, 0.3) is 5.91 Å². The number of amides is 3. The quantitative estimate of drug-likeness (QED) is 0.218. The second kappa shape index (κ2) is 13.2. The molecule has 0 aliphatic rings. The molecule has 192 valence electrons. The molecule has 3 aromatic rings. The normalized spacial score (nSPS) is 10.8. The highest BCUT2D eigenvalue weighted by Gasteiger charge is 2.12. The molecule has 0 fully saturated rings. The highest BCUT2D eigenvalue weighted by atomic mass is 35.5. The van der Waals surface area contributed by atoms with E-state index in [1.807, 2.05) is 37.3 Å². The number of hydrogen-bond acceptors (Lipinski definition) is 5. The van der Waals surface area contributed by atoms with E-state index in [1.165, 1.54) is 11.8 Å². The fraction of sp³-hybridized carbons (Fsp3) is 0.214. The molecule has 9 heteroatoms. The minimum absolute atomic E-state index is 0.205. The highest BCUT2D eigenvalue weighted by Crippen LogP contribution is 2.20. The first-order valence-electron chi connectivity index (χ1n) is 11.7. The van der Waals surface area contributed by atoms with Gasteiger partial charge in [0, 0.05) is 17.3 Å². The summed E-state index contributed by atoms with van der Waals surface area (Å²) in [5, 5.41) is 9.68. The van der Waals surface area contributed by atoms with Crippen molar-refractivity contribution in [2.24, 2.45) is 5.10 Å². The third-order valence-electron chi connectivity index (χ3n) is 5.39. The number of rotatable bonds is 9. The van der Waals surface area contributed by atoms with Gasteiger partial charge < -0.3 is 15.4 Å². The van der Waals surface area contributed by atoms with E-state index in [0.29, 0.717) is 27.9 Å². The van der Waals surface area contributed by atoms with Crippen LogP contribution in [0.1, 0.15) is 42.0 Å². The van der Waals surface area contributed by atoms with Crippen LogP contribution in [0.25, 0.3) is 0 Å². The van der Waals surface area contributed by atoms with Gasteiger partial charge in [-0.3, -0.25) is 14.4 Å². The van der Waals surface area contributed by atoms with Crippen molar-refractivity contribution in [3.05, 3.63) is 94.0 Å². The minimum atomic E-state index is -0.879. The van der Waals surface area contributed by atoms with Gasteiger partial charge in [-0.2, -0.15) is 5.10 Å². The van der Waals surface area contributed by atoms with Gasteiger partial charge in [0.05, 0.1) is 6.21 Å². The van der Waals surface area contributed by atoms with Crippen molar-refractivity contribution in [1.29, 1.82) is 0 Å². The monoisotopic (exact) mass is 520 g/mol. The van der Waals surface area contributed by atoms with Gasteiger partial charge in [0.2, 0.25) is 0 Å². The molecule has 3 rings (SSSR count). The summed E-state index contributed by atoms with van der Waals surface area (Å²) >= 11 is 5.98. The van der Waals surface area contributed by atoms with Crippen LogP contribution in [0, 0.1) is 6.92 Å². The van der Waals surface area contributed by atoms with Crippen molar-refractivity contribution >= 4 is 41.2 Å². The predicted molar refractivity (Wildman–Crippen MR) is 145 cm³/mol. The van der Waals surface area contributed by atoms with E-state index in [4.69, 9.17) is 16.3 Å². The Hall–Kier alpha value is -4.17. The molecule has 37 heavy (non-hydrogen) atoms. The van der Waals surface area contributed by atoms with E-state index in [9.17, 15) is 14.4 Å². The molecule has 3 N–H and O–H groups in total. The Morgan fingerprint density at radius 2 is 1.76 bits per heavy atom. The maximum absolute atomic E-state index is 12.2. The van der Waals surface area contributed by atoms with E-state index < -0.39 is 11.8 Å². The summed E-state index contributed by atoms with van der Waals surface area (Å²) < 4.78 is 5.55. The molecular weight excluding hydrogens is 492 g/mol. The van der Waals surface area contributed by atoms with Crippen LogP contribution in [0.4, 0.5) is 5.69 Å². The Kier molecular flexibility index (Phi) is 9.80. The van der Waals surface area contributed by atoms with Crippen LogP contribution < -0.4 is 20.8 Å². The molecule has 3 aromatic carbocycles. The molecule has 8 nitrogen and oxygen atoms in total. The zero-order valence-corrected chi connectivity index (χ0v) is 21.6. The van der Waals surface area contributed by atoms with Crippen molar-refractivity contribution in [2.75, 3.05) is 11.9 Å². The average Bonchev–Trinajstić information content (AvgIpc) is 2.88. The highest BCUT2D eigenvalue weighted by molar-refractivity contribution is 6.35. The number of ether oxygens (including phenoxy) is 1. The first-order valence-corrected chi connectivity index (χ1v) is 12.1. The average molecular weight is 521 g/mol. The Labute approximate surface area is 221 Å². The summed E-state index contributed by atoms with van der Waals surface area (Å²) in [6.45, 7) is 6.10. The first-order chi connectivity index (χ1) is 17.7. The molecule has 0 aliphatic carbocycles. The third kappa shape index (κ3) is 8.77. The zero-order valence-electron chi connectivity index (χ0n) is 20.9. The zero-order chi connectivity index (χ0) is 26.8. The van der Waals surface area contributed by atoms with Crippen LogP contribution in [0.5, 0.6) is 5.75 Å². The van der Waals surface area contributed by atoms with Crippen molar-refractivity contribution in [3.8, 4) is 5.75 Å². The van der Waals surface area contributed by atoms with E-state index in [0.717, 1.165) is 11.1 Å². The van der Waals surface area contributed by atoms with E-state index in [1.54, 1.807) is 36.4 Å². The lowest BCUT2D eigenvalue weighted by molar-refractivity contribution is -0.139. The molecule has 0 atom stereocenters. The first kappa shape index (κ1) is 27.4. The van der Waals surface area contributed by atoms with Gasteiger partial charge in [-0.15, -0.1) is 0 Å². The number of benzene rings is 3. The molecule has 0 spiro atoms. The van der Waals surface area contributed by atoms with E-state index in [2.05, 4.69) is 35.0 Å². The standard InChI is InChI=1S/C28H29ClN4O4/c1-18(2)22-10-8-20(9-11-22)15-30-27(35)28(36)33-31-16-21-5-4-6-24(13-21)37-17-26(34)32-25-14-23(29)12-7-19(25)3/h4-14,16,18H,15,17H2,1-3H3,(H,30,35)(H,32,34)(H,33,36)/b31-16-. The van der Waals surface area contributed by atoms with Gasteiger partial charge in [-0.1, -0.05) is 67.9 Å². The minimum Gasteiger partial charge on any atom is -0.484 e. The molecule has 0 aromatic heterocycles. The summed E-state index contributed by atoms with van der Waals surface area (Å²) in [7, 11) is 0. The van der Waals surface area contributed by atoms with Crippen LogP contribution in [0.2, 0.25) is 5.02 Å². The van der Waals surface area contributed by atoms with E-state index >= 15 is 0 Å². The van der Waals surface area contributed by atoms with Crippen molar-refractivity contribution in [3.63, 3.8) is 0 Å². The summed E-state index contributed by atoms with van der Waals surface area (Å²) in [5.74, 6) is -1.14. The summed E-state index contributed by atoms with van der Waals surface area (Å²) in [4.78, 5) is 36.3. The van der Waals surface area contributed by atoms with Gasteiger partial charge in [0.1, 0.15) is 5.75 Å². The molecule has 0 saturated carbocycles. The maximum atomic E-state index is 12.2. The maximum Gasteiger partial charge on any atom is 0.329 e. The Morgan fingerprint density at radius 1 is 1.00 bits per heavy atom. The van der Waals surface area contributed by atoms with Crippen LogP contribution in [0.15, 0.2) is 71.8 Å². The van der Waals surface area contributed by atoms with E-state index in [-0.39, 0.29) is 19.1 Å². The lowest BCUT2D eigenvalue weighted by Gasteiger charge is -2.10. The van der Waals surface area contributed by atoms with Crippen LogP contribution in [-0.4, -0.2) is 30.5 Å².